The summed E-state index contributed by atoms with van der Waals surface area (Å²) in [6.45, 7) is 10.1. The van der Waals surface area contributed by atoms with Gasteiger partial charge in [0, 0.05) is 38.0 Å². The highest BCUT2D eigenvalue weighted by molar-refractivity contribution is 8.02. The van der Waals surface area contributed by atoms with Gasteiger partial charge in [-0.1, -0.05) is 13.8 Å². The molecule has 3 N–H and O–H groups in total. The van der Waals surface area contributed by atoms with Gasteiger partial charge in [0.15, 0.2) is 0 Å². The zero-order chi connectivity index (χ0) is 24.0. The second-order valence-corrected chi connectivity index (χ2v) is 12.2. The molecule has 4 fully saturated rings. The number of hydrogen-bond donors (Lipinski definition) is 3. The fourth-order valence-corrected chi connectivity index (χ4v) is 8.80. The van der Waals surface area contributed by atoms with Crippen molar-refractivity contribution < 1.29 is 24.2 Å². The first-order valence-electron chi connectivity index (χ1n) is 12.1. The number of carbonyl (C=O) groups is 3. The third kappa shape index (κ3) is 3.96. The highest BCUT2D eigenvalue weighted by Crippen LogP contribution is 2.71. The van der Waals surface area contributed by atoms with Crippen molar-refractivity contribution in [2.24, 2.45) is 17.8 Å². The van der Waals surface area contributed by atoms with Crippen molar-refractivity contribution in [2.75, 3.05) is 53.0 Å². The first-order chi connectivity index (χ1) is 15.7. The molecule has 4 rings (SSSR count). The lowest BCUT2D eigenvalue weighted by atomic mass is 9.66. The summed E-state index contributed by atoms with van der Waals surface area (Å²) >= 11 is 1.66. The summed E-state index contributed by atoms with van der Waals surface area (Å²) in [5, 5.41) is 16.0. The molecule has 3 amide bonds. The molecule has 186 valence electrons. The molecule has 0 aromatic carbocycles. The second-order valence-electron chi connectivity index (χ2n) is 10.3. The molecule has 1 spiro atoms. The number of thioether (sulfide) groups is 1. The van der Waals surface area contributed by atoms with E-state index in [0.717, 1.165) is 26.1 Å². The average Bonchev–Trinajstić information content (AvgIpc) is 3.35. The van der Waals surface area contributed by atoms with E-state index in [-0.39, 0.29) is 35.0 Å². The normalized spacial score (nSPS) is 36.8. The molecule has 2 unspecified atom stereocenters. The van der Waals surface area contributed by atoms with Crippen LogP contribution in [0.1, 0.15) is 33.6 Å². The monoisotopic (exact) mass is 482 g/mol. The molecular weight excluding hydrogens is 444 g/mol. The molecule has 6 atom stereocenters. The molecule has 0 saturated carbocycles. The Bertz CT molecular complexity index is 791. The van der Waals surface area contributed by atoms with Crippen LogP contribution in [0, 0.1) is 17.8 Å². The number of rotatable bonds is 8. The zero-order valence-corrected chi connectivity index (χ0v) is 21.0. The first kappa shape index (κ1) is 24.8. The van der Waals surface area contributed by atoms with Gasteiger partial charge in [0.25, 0.3) is 0 Å². The van der Waals surface area contributed by atoms with Crippen LogP contribution >= 0.6 is 11.8 Å². The molecule has 0 aromatic heterocycles. The fourth-order valence-electron chi connectivity index (χ4n) is 6.46. The summed E-state index contributed by atoms with van der Waals surface area (Å²) in [6, 6.07) is -1.16. The van der Waals surface area contributed by atoms with Crippen LogP contribution in [0.3, 0.4) is 0 Å². The Kier molecular flexibility index (Phi) is 7.02. The lowest BCUT2D eigenvalue weighted by Crippen LogP contribution is -2.58. The second kappa shape index (κ2) is 9.36. The Morgan fingerprint density at radius 2 is 1.94 bits per heavy atom. The van der Waals surface area contributed by atoms with Gasteiger partial charge in [0.05, 0.1) is 42.4 Å². The molecule has 33 heavy (non-hydrogen) atoms. The Balaban J connectivity index is 1.62. The lowest BCUT2D eigenvalue weighted by molar-refractivity contribution is -0.144. The quantitative estimate of drug-likeness (QED) is 0.435. The number of morpholine rings is 1. The molecule has 4 heterocycles. The molecule has 4 aliphatic rings. The molecule has 2 bridgehead atoms. The lowest BCUT2D eigenvalue weighted by Gasteiger charge is -2.38. The minimum atomic E-state index is -0.694. The van der Waals surface area contributed by atoms with Crippen LogP contribution in [0.5, 0.6) is 0 Å². The van der Waals surface area contributed by atoms with Gasteiger partial charge in [-0.15, -0.1) is 11.8 Å². The van der Waals surface area contributed by atoms with Crippen LogP contribution in [0.25, 0.3) is 0 Å². The van der Waals surface area contributed by atoms with Crippen molar-refractivity contribution in [1.82, 2.24) is 20.4 Å². The number of ether oxygens (including phenoxy) is 1. The van der Waals surface area contributed by atoms with E-state index in [9.17, 15) is 19.5 Å². The van der Waals surface area contributed by atoms with Crippen LogP contribution in [-0.4, -0.2) is 107 Å². The molecule has 0 aliphatic carbocycles. The number of fused-ring (bicyclic) bond motifs is 1. The maximum atomic E-state index is 13.9. The van der Waals surface area contributed by atoms with Crippen molar-refractivity contribution in [3.05, 3.63) is 0 Å². The Hall–Kier alpha value is -1.36. The van der Waals surface area contributed by atoms with Gasteiger partial charge in [-0.25, -0.2) is 0 Å². The number of nitrogens with one attached hydrogen (secondary N) is 2. The maximum absolute atomic E-state index is 13.9. The van der Waals surface area contributed by atoms with Crippen LogP contribution in [0.4, 0.5) is 0 Å². The summed E-state index contributed by atoms with van der Waals surface area (Å²) in [7, 11) is 1.60. The third-order valence-electron chi connectivity index (χ3n) is 8.14. The predicted molar refractivity (Wildman–Crippen MR) is 126 cm³/mol. The van der Waals surface area contributed by atoms with Gasteiger partial charge in [-0.3, -0.25) is 19.3 Å². The molecule has 0 radical (unpaired) electrons. The van der Waals surface area contributed by atoms with Crippen molar-refractivity contribution in [3.8, 4) is 0 Å². The number of likely N-dealkylation sites (tertiary alicyclic amines) is 1. The largest absolute Gasteiger partial charge is 0.394 e. The summed E-state index contributed by atoms with van der Waals surface area (Å²) in [5.74, 6) is -1.52. The van der Waals surface area contributed by atoms with Crippen LogP contribution in [-0.2, 0) is 19.1 Å². The van der Waals surface area contributed by atoms with Gasteiger partial charge >= 0.3 is 0 Å². The Morgan fingerprint density at radius 1 is 1.24 bits per heavy atom. The van der Waals surface area contributed by atoms with Crippen LogP contribution in [0.2, 0.25) is 0 Å². The van der Waals surface area contributed by atoms with Gasteiger partial charge < -0.3 is 25.4 Å². The van der Waals surface area contributed by atoms with Gasteiger partial charge in [-0.2, -0.15) is 0 Å². The van der Waals surface area contributed by atoms with E-state index < -0.39 is 28.7 Å². The number of nitrogens with zero attached hydrogens (tertiary/aromatic N) is 2. The zero-order valence-electron chi connectivity index (χ0n) is 20.1. The number of aliphatic hydroxyl groups is 1. The summed E-state index contributed by atoms with van der Waals surface area (Å²) in [6.07, 6.45) is 1.50. The standard InChI is InChI=1S/C23H38N4O5S/c1-14(2)15(13-28)27-18(20(30)25-7-8-26-9-11-32-12-10-26)23-6-5-22(3,33-23)16(19(29)24-4)17(23)21(27)31/h14-18,28H,5-13H2,1-4H3,(H,24,29)(H,25,30)/t15-,16+,17-,18?,22-,23?/m0/s1. The minimum Gasteiger partial charge on any atom is -0.394 e. The third-order valence-corrected chi connectivity index (χ3v) is 10.1. The van der Waals surface area contributed by atoms with E-state index in [1.54, 1.807) is 23.7 Å². The molecular formula is C23H38N4O5S. The minimum absolute atomic E-state index is 0.0194. The topological polar surface area (TPSA) is 111 Å². The van der Waals surface area contributed by atoms with E-state index >= 15 is 0 Å². The number of carbonyl (C=O) groups excluding carboxylic acids is 3. The molecule has 9 nitrogen and oxygen atoms in total. The van der Waals surface area contributed by atoms with E-state index in [2.05, 4.69) is 22.5 Å². The Labute approximate surface area is 200 Å². The molecule has 10 heteroatoms. The summed E-state index contributed by atoms with van der Waals surface area (Å²) in [4.78, 5) is 44.4. The summed E-state index contributed by atoms with van der Waals surface area (Å²) < 4.78 is 4.38. The van der Waals surface area contributed by atoms with E-state index in [1.807, 2.05) is 13.8 Å². The van der Waals surface area contributed by atoms with E-state index in [4.69, 9.17) is 4.74 Å². The Morgan fingerprint density at radius 3 is 2.55 bits per heavy atom. The fraction of sp³-hybridized carbons (Fsp3) is 0.870. The van der Waals surface area contributed by atoms with Crippen molar-refractivity contribution in [3.63, 3.8) is 0 Å². The van der Waals surface area contributed by atoms with Crippen molar-refractivity contribution >= 4 is 29.5 Å². The number of aliphatic hydroxyl groups excluding tert-OH is 1. The van der Waals surface area contributed by atoms with E-state index in [1.165, 1.54) is 0 Å². The highest BCUT2D eigenvalue weighted by atomic mass is 32.2. The molecule has 0 aromatic rings. The molecule has 4 aliphatic heterocycles. The SMILES string of the molecule is CNC(=O)[C@H]1[C@H]2C(=O)N([C@@H](CO)C(C)C)C(C(=O)NCCN3CCOCC3)C23CC[C@]1(C)S3. The summed E-state index contributed by atoms with van der Waals surface area (Å²) in [5.41, 5.74) is 0. The molecule has 4 saturated heterocycles. The smallest absolute Gasteiger partial charge is 0.244 e. The van der Waals surface area contributed by atoms with Gasteiger partial charge in [0.1, 0.15) is 6.04 Å². The predicted octanol–water partition coefficient (Wildman–Crippen LogP) is -0.321. The number of amides is 3. The maximum Gasteiger partial charge on any atom is 0.244 e. The van der Waals surface area contributed by atoms with Crippen molar-refractivity contribution in [2.45, 2.75) is 55.2 Å². The van der Waals surface area contributed by atoms with Gasteiger partial charge in [0.2, 0.25) is 17.7 Å². The average molecular weight is 483 g/mol. The van der Waals surface area contributed by atoms with E-state index in [0.29, 0.717) is 26.2 Å². The first-order valence-corrected chi connectivity index (χ1v) is 12.9. The van der Waals surface area contributed by atoms with Gasteiger partial charge in [-0.05, 0) is 25.7 Å². The highest BCUT2D eigenvalue weighted by Gasteiger charge is 2.77. The van der Waals surface area contributed by atoms with Crippen LogP contribution < -0.4 is 10.6 Å². The van der Waals surface area contributed by atoms with Crippen molar-refractivity contribution in [1.29, 1.82) is 0 Å². The number of hydrogen-bond acceptors (Lipinski definition) is 7. The van der Waals surface area contributed by atoms with Crippen LogP contribution in [0.15, 0.2) is 0 Å².